The van der Waals surface area contributed by atoms with E-state index in [9.17, 15) is 0 Å². The van der Waals surface area contributed by atoms with Crippen molar-refractivity contribution in [2.75, 3.05) is 45.9 Å². The number of piperidine rings is 1. The summed E-state index contributed by atoms with van der Waals surface area (Å²) in [5, 5.41) is 4.31. The SMILES string of the molecule is Cn1cc(CN2CCC[C@]3(COCCN(CC4CC4)C3)C2)cn1. The van der Waals surface area contributed by atoms with Crippen LogP contribution >= 0.6 is 0 Å². The molecule has 2 aliphatic heterocycles. The van der Waals surface area contributed by atoms with Gasteiger partial charge in [-0.1, -0.05) is 0 Å². The lowest BCUT2D eigenvalue weighted by atomic mass is 9.80. The molecule has 1 saturated carbocycles. The number of aromatic nitrogens is 2. The number of aryl methyl sites for hydroxylation is 1. The van der Waals surface area contributed by atoms with E-state index in [0.29, 0.717) is 5.41 Å². The first-order chi connectivity index (χ1) is 11.2. The largest absolute Gasteiger partial charge is 0.379 e. The Morgan fingerprint density at radius 3 is 2.91 bits per heavy atom. The van der Waals surface area contributed by atoms with Gasteiger partial charge in [-0.15, -0.1) is 0 Å². The highest BCUT2D eigenvalue weighted by Gasteiger charge is 2.39. The average molecular weight is 318 g/mol. The molecule has 5 heteroatoms. The van der Waals surface area contributed by atoms with Gasteiger partial charge in [0, 0.05) is 56.9 Å². The van der Waals surface area contributed by atoms with Crippen LogP contribution in [0.3, 0.4) is 0 Å². The van der Waals surface area contributed by atoms with Crippen molar-refractivity contribution < 1.29 is 4.74 Å². The molecule has 1 aromatic rings. The van der Waals surface area contributed by atoms with Crippen LogP contribution in [-0.4, -0.2) is 65.5 Å². The lowest BCUT2D eigenvalue weighted by Gasteiger charge is -2.43. The van der Waals surface area contributed by atoms with Gasteiger partial charge in [-0.2, -0.15) is 5.10 Å². The Balaban J connectivity index is 1.41. The summed E-state index contributed by atoms with van der Waals surface area (Å²) < 4.78 is 7.94. The Kier molecular flexibility index (Phi) is 4.43. The number of nitrogens with zero attached hydrogens (tertiary/aromatic N) is 4. The second kappa shape index (κ2) is 6.54. The second-order valence-corrected chi connectivity index (χ2v) is 8.07. The van der Waals surface area contributed by atoms with E-state index in [1.54, 1.807) is 0 Å². The third-order valence-electron chi connectivity index (χ3n) is 5.64. The molecule has 1 atom stereocenters. The van der Waals surface area contributed by atoms with E-state index >= 15 is 0 Å². The maximum Gasteiger partial charge on any atom is 0.0593 e. The Labute approximate surface area is 139 Å². The second-order valence-electron chi connectivity index (χ2n) is 8.07. The van der Waals surface area contributed by atoms with Crippen molar-refractivity contribution >= 4 is 0 Å². The number of hydrogen-bond donors (Lipinski definition) is 0. The van der Waals surface area contributed by atoms with Crippen LogP contribution in [0.5, 0.6) is 0 Å². The maximum atomic E-state index is 6.04. The number of hydrogen-bond acceptors (Lipinski definition) is 4. The molecule has 0 bridgehead atoms. The molecule has 0 unspecified atom stereocenters. The van der Waals surface area contributed by atoms with Crippen LogP contribution in [0.15, 0.2) is 12.4 Å². The third-order valence-corrected chi connectivity index (χ3v) is 5.64. The predicted octanol–water partition coefficient (Wildman–Crippen LogP) is 1.74. The van der Waals surface area contributed by atoms with E-state index < -0.39 is 0 Å². The standard InChI is InChI=1S/C18H30N4O/c1-20-10-17(9-19-20)12-21-6-2-5-18(13-21)14-22(7-8-23-15-18)11-16-3-4-16/h9-10,16H,2-8,11-15H2,1H3/t18-/m0/s1. The highest BCUT2D eigenvalue weighted by Crippen LogP contribution is 2.36. The van der Waals surface area contributed by atoms with E-state index in [1.165, 1.54) is 57.4 Å². The molecule has 128 valence electrons. The fourth-order valence-electron chi connectivity index (χ4n) is 4.41. The summed E-state index contributed by atoms with van der Waals surface area (Å²) in [5.74, 6) is 0.972. The van der Waals surface area contributed by atoms with Gasteiger partial charge in [-0.3, -0.25) is 9.58 Å². The molecule has 1 aromatic heterocycles. The molecule has 0 N–H and O–H groups in total. The van der Waals surface area contributed by atoms with E-state index in [4.69, 9.17) is 4.74 Å². The summed E-state index contributed by atoms with van der Waals surface area (Å²) in [6, 6.07) is 0. The van der Waals surface area contributed by atoms with Crippen LogP contribution in [0.1, 0.15) is 31.2 Å². The first kappa shape index (κ1) is 15.6. The number of ether oxygens (including phenoxy) is 1. The Hall–Kier alpha value is -0.910. The zero-order chi connectivity index (χ0) is 15.7. The molecule has 4 rings (SSSR count). The molecule has 3 fully saturated rings. The van der Waals surface area contributed by atoms with E-state index in [-0.39, 0.29) is 0 Å². The van der Waals surface area contributed by atoms with Gasteiger partial charge in [-0.25, -0.2) is 0 Å². The van der Waals surface area contributed by atoms with Crippen LogP contribution < -0.4 is 0 Å². The summed E-state index contributed by atoms with van der Waals surface area (Å²) in [7, 11) is 2.00. The normalized spacial score (nSPS) is 30.7. The molecule has 2 saturated heterocycles. The fraction of sp³-hybridized carbons (Fsp3) is 0.833. The van der Waals surface area contributed by atoms with Crippen LogP contribution in [0, 0.1) is 11.3 Å². The summed E-state index contributed by atoms with van der Waals surface area (Å²) in [6.07, 6.45) is 9.64. The predicted molar refractivity (Wildman–Crippen MR) is 90.1 cm³/mol. The average Bonchev–Trinajstić information content (AvgIpc) is 3.27. The number of rotatable bonds is 4. The molecule has 0 radical (unpaired) electrons. The quantitative estimate of drug-likeness (QED) is 0.847. The van der Waals surface area contributed by atoms with E-state index in [1.807, 2.05) is 17.9 Å². The molecule has 1 aliphatic carbocycles. The van der Waals surface area contributed by atoms with Gasteiger partial charge in [-0.05, 0) is 38.1 Å². The highest BCUT2D eigenvalue weighted by atomic mass is 16.5. The van der Waals surface area contributed by atoms with Crippen molar-refractivity contribution in [1.29, 1.82) is 0 Å². The zero-order valence-corrected chi connectivity index (χ0v) is 14.4. The lowest BCUT2D eigenvalue weighted by molar-refractivity contribution is 0.00274. The maximum absolute atomic E-state index is 6.04. The lowest BCUT2D eigenvalue weighted by Crippen LogP contribution is -2.50. The van der Waals surface area contributed by atoms with Crippen molar-refractivity contribution in [3.05, 3.63) is 18.0 Å². The van der Waals surface area contributed by atoms with E-state index in [2.05, 4.69) is 21.1 Å². The summed E-state index contributed by atoms with van der Waals surface area (Å²) in [5.41, 5.74) is 1.67. The Morgan fingerprint density at radius 1 is 1.26 bits per heavy atom. The van der Waals surface area contributed by atoms with Crippen LogP contribution in [-0.2, 0) is 18.3 Å². The first-order valence-corrected chi connectivity index (χ1v) is 9.21. The van der Waals surface area contributed by atoms with Crippen molar-refractivity contribution in [3.63, 3.8) is 0 Å². The minimum absolute atomic E-state index is 0.339. The Bertz CT molecular complexity index is 527. The summed E-state index contributed by atoms with van der Waals surface area (Å²) >= 11 is 0. The smallest absolute Gasteiger partial charge is 0.0593 e. The topological polar surface area (TPSA) is 33.5 Å². The minimum atomic E-state index is 0.339. The van der Waals surface area contributed by atoms with Crippen LogP contribution in [0.2, 0.25) is 0 Å². The van der Waals surface area contributed by atoms with Crippen LogP contribution in [0.4, 0.5) is 0 Å². The highest BCUT2D eigenvalue weighted by molar-refractivity contribution is 5.04. The molecule has 0 aromatic carbocycles. The first-order valence-electron chi connectivity index (χ1n) is 9.21. The van der Waals surface area contributed by atoms with Crippen LogP contribution in [0.25, 0.3) is 0 Å². The molecule has 1 spiro atoms. The third kappa shape index (κ3) is 3.95. The van der Waals surface area contributed by atoms with Gasteiger partial charge in [0.05, 0.1) is 19.4 Å². The van der Waals surface area contributed by atoms with Crippen molar-refractivity contribution in [1.82, 2.24) is 19.6 Å². The molecule has 0 amide bonds. The monoisotopic (exact) mass is 318 g/mol. The fourth-order valence-corrected chi connectivity index (χ4v) is 4.41. The zero-order valence-electron chi connectivity index (χ0n) is 14.4. The van der Waals surface area contributed by atoms with Gasteiger partial charge in [0.15, 0.2) is 0 Å². The molecule has 5 nitrogen and oxygen atoms in total. The minimum Gasteiger partial charge on any atom is -0.379 e. The van der Waals surface area contributed by atoms with Gasteiger partial charge in [0.1, 0.15) is 0 Å². The molecule has 23 heavy (non-hydrogen) atoms. The van der Waals surface area contributed by atoms with Gasteiger partial charge < -0.3 is 9.64 Å². The number of likely N-dealkylation sites (tertiary alicyclic amines) is 1. The molecule has 3 heterocycles. The molecule has 3 aliphatic rings. The molecular weight excluding hydrogens is 288 g/mol. The van der Waals surface area contributed by atoms with Gasteiger partial charge in [0.2, 0.25) is 0 Å². The van der Waals surface area contributed by atoms with E-state index in [0.717, 1.165) is 32.2 Å². The Morgan fingerprint density at radius 2 is 2.13 bits per heavy atom. The summed E-state index contributed by atoms with van der Waals surface area (Å²) in [4.78, 5) is 5.31. The van der Waals surface area contributed by atoms with Crippen molar-refractivity contribution in [3.8, 4) is 0 Å². The van der Waals surface area contributed by atoms with Crippen molar-refractivity contribution in [2.24, 2.45) is 18.4 Å². The van der Waals surface area contributed by atoms with Gasteiger partial charge >= 0.3 is 0 Å². The van der Waals surface area contributed by atoms with Crippen molar-refractivity contribution in [2.45, 2.75) is 32.2 Å². The van der Waals surface area contributed by atoms with Gasteiger partial charge in [0.25, 0.3) is 0 Å². The molecular formula is C18H30N4O. The summed E-state index contributed by atoms with van der Waals surface area (Å²) in [6.45, 7) is 8.91.